The first-order valence-corrected chi connectivity index (χ1v) is 4.06. The minimum absolute atomic E-state index is 0.942. The van der Waals surface area contributed by atoms with E-state index in [1.165, 1.54) is 0 Å². The number of hydrogen-bond acceptors (Lipinski definition) is 2. The summed E-state index contributed by atoms with van der Waals surface area (Å²) in [6.45, 7) is 3.05. The third kappa shape index (κ3) is 1.77. The van der Waals surface area contributed by atoms with Gasteiger partial charge in [-0.15, -0.1) is 0 Å². The lowest BCUT2D eigenvalue weighted by Crippen LogP contribution is -1.99. The van der Waals surface area contributed by atoms with Crippen molar-refractivity contribution in [1.29, 1.82) is 0 Å². The van der Waals surface area contributed by atoms with Crippen molar-refractivity contribution in [1.82, 2.24) is 9.55 Å². The molecule has 1 rings (SSSR count). The second kappa shape index (κ2) is 3.66. The van der Waals surface area contributed by atoms with Gasteiger partial charge in [-0.25, -0.2) is 4.98 Å². The average molecular weight is 156 g/mol. The lowest BCUT2D eigenvalue weighted by molar-refractivity contribution is 0.663. The van der Waals surface area contributed by atoms with Crippen LogP contribution < -0.4 is 0 Å². The number of aryl methyl sites for hydroxylation is 2. The first-order valence-electron chi connectivity index (χ1n) is 3.43. The van der Waals surface area contributed by atoms with Gasteiger partial charge in [-0.3, -0.25) is 0 Å². The smallest absolute Gasteiger partial charge is 0.105 e. The van der Waals surface area contributed by atoms with Crippen LogP contribution in [0.3, 0.4) is 0 Å². The molecule has 0 saturated carbocycles. The molecule has 0 aliphatic rings. The number of thiol groups is 1. The molecule has 0 unspecified atom stereocenters. The highest BCUT2D eigenvalue weighted by Gasteiger charge is 1.93. The van der Waals surface area contributed by atoms with Crippen LogP contribution in [0.4, 0.5) is 0 Å². The van der Waals surface area contributed by atoms with E-state index in [9.17, 15) is 0 Å². The van der Waals surface area contributed by atoms with Crippen molar-refractivity contribution in [2.45, 2.75) is 19.9 Å². The summed E-state index contributed by atoms with van der Waals surface area (Å²) in [6, 6.07) is 0. The van der Waals surface area contributed by atoms with Gasteiger partial charge in [0.15, 0.2) is 0 Å². The topological polar surface area (TPSA) is 17.8 Å². The number of hydrogen-bond donors (Lipinski definition) is 1. The Labute approximate surface area is 66.7 Å². The molecule has 0 spiro atoms. The minimum atomic E-state index is 0.942. The van der Waals surface area contributed by atoms with Crippen LogP contribution in [-0.2, 0) is 6.54 Å². The van der Waals surface area contributed by atoms with Crippen LogP contribution in [-0.4, -0.2) is 15.3 Å². The van der Waals surface area contributed by atoms with Crippen LogP contribution in [0.25, 0.3) is 0 Å². The summed E-state index contributed by atoms with van der Waals surface area (Å²) in [7, 11) is 0. The van der Waals surface area contributed by atoms with E-state index in [0.717, 1.165) is 24.5 Å². The van der Waals surface area contributed by atoms with Crippen LogP contribution >= 0.6 is 12.6 Å². The molecule has 0 bridgehead atoms. The van der Waals surface area contributed by atoms with E-state index in [1.54, 1.807) is 0 Å². The zero-order chi connectivity index (χ0) is 7.40. The molecular weight excluding hydrogens is 144 g/mol. The molecule has 3 heteroatoms. The van der Waals surface area contributed by atoms with Gasteiger partial charge in [0.05, 0.1) is 0 Å². The molecule has 0 atom stereocenters. The predicted octanol–water partition coefficient (Wildman–Crippen LogP) is 1.51. The Balaban J connectivity index is 2.49. The SMILES string of the molecule is Cc1nccn1CCCS. The zero-order valence-corrected chi connectivity index (χ0v) is 7.01. The number of rotatable bonds is 3. The Morgan fingerprint density at radius 2 is 2.50 bits per heavy atom. The molecule has 10 heavy (non-hydrogen) atoms. The molecule has 0 saturated heterocycles. The van der Waals surface area contributed by atoms with Crippen molar-refractivity contribution < 1.29 is 0 Å². The van der Waals surface area contributed by atoms with E-state index >= 15 is 0 Å². The Morgan fingerprint density at radius 3 is 3.00 bits per heavy atom. The summed E-state index contributed by atoms with van der Waals surface area (Å²) in [5.41, 5.74) is 0. The third-order valence-electron chi connectivity index (χ3n) is 1.48. The fourth-order valence-corrected chi connectivity index (χ4v) is 1.02. The molecule has 2 nitrogen and oxygen atoms in total. The van der Waals surface area contributed by atoms with Crippen molar-refractivity contribution in [2.24, 2.45) is 0 Å². The first-order chi connectivity index (χ1) is 4.84. The van der Waals surface area contributed by atoms with Gasteiger partial charge in [0.1, 0.15) is 5.82 Å². The molecular formula is C7H12N2S. The molecule has 0 aliphatic heterocycles. The predicted molar refractivity (Wildman–Crippen MR) is 45.4 cm³/mol. The summed E-state index contributed by atoms with van der Waals surface area (Å²) in [5, 5.41) is 0. The maximum absolute atomic E-state index is 4.13. The van der Waals surface area contributed by atoms with Gasteiger partial charge < -0.3 is 4.57 Å². The Hall–Kier alpha value is -0.440. The highest BCUT2D eigenvalue weighted by Crippen LogP contribution is 1.97. The fraction of sp³-hybridized carbons (Fsp3) is 0.571. The quantitative estimate of drug-likeness (QED) is 0.657. The lowest BCUT2D eigenvalue weighted by atomic mass is 10.4. The van der Waals surface area contributed by atoms with Crippen molar-refractivity contribution in [3.8, 4) is 0 Å². The fourth-order valence-electron chi connectivity index (χ4n) is 0.881. The maximum atomic E-state index is 4.13. The van der Waals surface area contributed by atoms with E-state index in [-0.39, 0.29) is 0 Å². The second-order valence-corrected chi connectivity index (χ2v) is 2.69. The van der Waals surface area contributed by atoms with Crippen LogP contribution in [0.5, 0.6) is 0 Å². The second-order valence-electron chi connectivity index (χ2n) is 2.25. The zero-order valence-electron chi connectivity index (χ0n) is 6.12. The summed E-state index contributed by atoms with van der Waals surface area (Å²) in [4.78, 5) is 4.11. The Kier molecular flexibility index (Phi) is 2.81. The molecule has 0 amide bonds. The molecule has 0 N–H and O–H groups in total. The highest BCUT2D eigenvalue weighted by atomic mass is 32.1. The van der Waals surface area contributed by atoms with Gasteiger partial charge in [0.2, 0.25) is 0 Å². The van der Waals surface area contributed by atoms with Crippen LogP contribution in [0.1, 0.15) is 12.2 Å². The van der Waals surface area contributed by atoms with Crippen molar-refractivity contribution in [2.75, 3.05) is 5.75 Å². The minimum Gasteiger partial charge on any atom is -0.335 e. The van der Waals surface area contributed by atoms with Gasteiger partial charge in [-0.1, -0.05) is 0 Å². The lowest BCUT2D eigenvalue weighted by Gasteiger charge is -2.00. The monoisotopic (exact) mass is 156 g/mol. The van der Waals surface area contributed by atoms with E-state index < -0.39 is 0 Å². The molecule has 0 aromatic carbocycles. The Morgan fingerprint density at radius 1 is 1.70 bits per heavy atom. The van der Waals surface area contributed by atoms with Crippen LogP contribution in [0.2, 0.25) is 0 Å². The molecule has 56 valence electrons. The van der Waals surface area contributed by atoms with E-state index in [0.29, 0.717) is 0 Å². The van der Waals surface area contributed by atoms with Gasteiger partial charge in [-0.2, -0.15) is 12.6 Å². The van der Waals surface area contributed by atoms with Crippen molar-refractivity contribution in [3.05, 3.63) is 18.2 Å². The Bertz CT molecular complexity index is 195. The normalized spacial score (nSPS) is 10.2. The maximum Gasteiger partial charge on any atom is 0.105 e. The van der Waals surface area contributed by atoms with E-state index in [4.69, 9.17) is 0 Å². The number of aromatic nitrogens is 2. The van der Waals surface area contributed by atoms with Crippen LogP contribution in [0, 0.1) is 6.92 Å². The molecule has 0 radical (unpaired) electrons. The summed E-state index contributed by atoms with van der Waals surface area (Å²) in [5.74, 6) is 2.03. The van der Waals surface area contributed by atoms with Gasteiger partial charge >= 0.3 is 0 Å². The summed E-state index contributed by atoms with van der Waals surface area (Å²) >= 11 is 4.13. The highest BCUT2D eigenvalue weighted by molar-refractivity contribution is 7.80. The first kappa shape index (κ1) is 7.66. The summed E-state index contributed by atoms with van der Waals surface area (Å²) in [6.07, 6.45) is 4.94. The third-order valence-corrected chi connectivity index (χ3v) is 1.80. The van der Waals surface area contributed by atoms with E-state index in [1.807, 2.05) is 19.3 Å². The number of nitrogens with zero attached hydrogens (tertiary/aromatic N) is 2. The standard InChI is InChI=1S/C7H12N2S/c1-7-8-3-5-9(7)4-2-6-10/h3,5,10H,2,4,6H2,1H3. The number of imidazole rings is 1. The molecule has 1 aromatic heterocycles. The van der Waals surface area contributed by atoms with Gasteiger partial charge in [-0.05, 0) is 19.1 Å². The molecule has 0 fully saturated rings. The van der Waals surface area contributed by atoms with Gasteiger partial charge in [0, 0.05) is 18.9 Å². The molecule has 1 aromatic rings. The molecule has 1 heterocycles. The van der Waals surface area contributed by atoms with Gasteiger partial charge in [0.25, 0.3) is 0 Å². The van der Waals surface area contributed by atoms with Crippen molar-refractivity contribution >= 4 is 12.6 Å². The average Bonchev–Trinajstić information content (AvgIpc) is 2.31. The largest absolute Gasteiger partial charge is 0.335 e. The summed E-state index contributed by atoms with van der Waals surface area (Å²) < 4.78 is 2.14. The van der Waals surface area contributed by atoms with Crippen LogP contribution in [0.15, 0.2) is 12.4 Å². The van der Waals surface area contributed by atoms with Crippen molar-refractivity contribution in [3.63, 3.8) is 0 Å². The molecule has 0 aliphatic carbocycles. The van der Waals surface area contributed by atoms with E-state index in [2.05, 4.69) is 22.2 Å².